The molecule has 0 aliphatic rings. The van der Waals surface area contributed by atoms with Gasteiger partial charge in [-0.25, -0.2) is 4.98 Å². The molecule has 0 spiro atoms. The summed E-state index contributed by atoms with van der Waals surface area (Å²) in [6, 6.07) is 7.57. The Labute approximate surface area is 132 Å². The van der Waals surface area contributed by atoms with Gasteiger partial charge in [0.1, 0.15) is 16.7 Å². The molecule has 1 heterocycles. The molecule has 3 nitrogen and oxygen atoms in total. The summed E-state index contributed by atoms with van der Waals surface area (Å²) < 4.78 is 6.92. The summed E-state index contributed by atoms with van der Waals surface area (Å²) in [6.45, 7) is 6.23. The Morgan fingerprint density at radius 1 is 1.25 bits per heavy atom. The van der Waals surface area contributed by atoms with Gasteiger partial charge >= 0.3 is 0 Å². The lowest BCUT2D eigenvalue weighted by Gasteiger charge is -2.14. The van der Waals surface area contributed by atoms with Gasteiger partial charge in [-0.2, -0.15) is 4.98 Å². The first-order valence-electron chi connectivity index (χ1n) is 6.50. The third-order valence-electron chi connectivity index (χ3n) is 2.84. The molecule has 0 saturated heterocycles. The second kappa shape index (κ2) is 6.55. The lowest BCUT2D eigenvalue weighted by Crippen LogP contribution is -1.99. The zero-order valence-corrected chi connectivity index (χ0v) is 14.0. The molecule has 0 bridgehead atoms. The second-order valence-corrected chi connectivity index (χ2v) is 6.04. The highest BCUT2D eigenvalue weighted by Gasteiger charge is 2.11. The summed E-state index contributed by atoms with van der Waals surface area (Å²) in [5, 5.41) is 0.398. The van der Waals surface area contributed by atoms with Crippen molar-refractivity contribution < 1.29 is 4.74 Å². The molecular formula is C15H16BrClN2O. The molecule has 0 unspecified atom stereocenters. The number of rotatable bonds is 4. The molecule has 0 N–H and O–H groups in total. The topological polar surface area (TPSA) is 35.0 Å². The van der Waals surface area contributed by atoms with Crippen LogP contribution in [0.4, 0.5) is 0 Å². The highest BCUT2D eigenvalue weighted by molar-refractivity contribution is 9.10. The van der Waals surface area contributed by atoms with Crippen LogP contribution in [0.25, 0.3) is 0 Å². The van der Waals surface area contributed by atoms with Crippen molar-refractivity contribution in [3.8, 4) is 11.6 Å². The van der Waals surface area contributed by atoms with Crippen molar-refractivity contribution in [2.45, 2.75) is 33.1 Å². The van der Waals surface area contributed by atoms with Crippen molar-refractivity contribution in [3.63, 3.8) is 0 Å². The summed E-state index contributed by atoms with van der Waals surface area (Å²) in [7, 11) is 0. The smallest absolute Gasteiger partial charge is 0.224 e. The van der Waals surface area contributed by atoms with E-state index in [-0.39, 0.29) is 0 Å². The number of nitrogens with zero attached hydrogens (tertiary/aromatic N) is 2. The molecular weight excluding hydrogens is 340 g/mol. The standard InChI is InChI=1S/C15H16BrClN2O/c1-4-14-18-13(17)8-15(19-14)20-12-6-5-10(16)7-11(12)9(2)3/h5-9H,4H2,1-3H3. The van der Waals surface area contributed by atoms with Gasteiger partial charge in [0.05, 0.1) is 0 Å². The Kier molecular flexibility index (Phi) is 5.00. The fourth-order valence-electron chi connectivity index (χ4n) is 1.83. The normalized spacial score (nSPS) is 10.9. The van der Waals surface area contributed by atoms with Crippen LogP contribution in [0.3, 0.4) is 0 Å². The minimum Gasteiger partial charge on any atom is -0.439 e. The van der Waals surface area contributed by atoms with E-state index < -0.39 is 0 Å². The first-order chi connectivity index (χ1) is 9.49. The van der Waals surface area contributed by atoms with E-state index in [0.29, 0.717) is 29.2 Å². The number of benzene rings is 1. The fraction of sp³-hybridized carbons (Fsp3) is 0.333. The largest absolute Gasteiger partial charge is 0.439 e. The molecule has 0 atom stereocenters. The number of hydrogen-bond donors (Lipinski definition) is 0. The van der Waals surface area contributed by atoms with Crippen LogP contribution in [-0.4, -0.2) is 9.97 Å². The minimum atomic E-state index is 0.352. The van der Waals surface area contributed by atoms with Crippen LogP contribution >= 0.6 is 27.5 Å². The van der Waals surface area contributed by atoms with Gasteiger partial charge in [-0.3, -0.25) is 0 Å². The average Bonchev–Trinajstić information content (AvgIpc) is 2.40. The summed E-state index contributed by atoms with van der Waals surface area (Å²) in [6.07, 6.45) is 0.717. The van der Waals surface area contributed by atoms with Gasteiger partial charge in [0.25, 0.3) is 0 Å². The lowest BCUT2D eigenvalue weighted by atomic mass is 10.0. The van der Waals surface area contributed by atoms with E-state index in [9.17, 15) is 0 Å². The maximum absolute atomic E-state index is 5.98. The molecule has 20 heavy (non-hydrogen) atoms. The Morgan fingerprint density at radius 3 is 2.65 bits per heavy atom. The van der Waals surface area contributed by atoms with Gasteiger partial charge in [-0.15, -0.1) is 0 Å². The Balaban J connectivity index is 2.37. The predicted molar refractivity (Wildman–Crippen MR) is 84.7 cm³/mol. The van der Waals surface area contributed by atoms with Gasteiger partial charge in [0, 0.05) is 17.0 Å². The average molecular weight is 356 g/mol. The number of aromatic nitrogens is 2. The zero-order chi connectivity index (χ0) is 14.7. The van der Waals surface area contributed by atoms with Gasteiger partial charge in [0.2, 0.25) is 5.88 Å². The van der Waals surface area contributed by atoms with Crippen molar-refractivity contribution in [1.29, 1.82) is 0 Å². The van der Waals surface area contributed by atoms with E-state index in [0.717, 1.165) is 15.8 Å². The van der Waals surface area contributed by atoms with E-state index in [1.807, 2.05) is 19.1 Å². The molecule has 1 aromatic carbocycles. The van der Waals surface area contributed by atoms with Gasteiger partial charge in [-0.05, 0) is 29.7 Å². The van der Waals surface area contributed by atoms with Crippen LogP contribution in [0.15, 0.2) is 28.7 Å². The monoisotopic (exact) mass is 354 g/mol. The van der Waals surface area contributed by atoms with Crippen LogP contribution in [0.5, 0.6) is 11.6 Å². The molecule has 0 fully saturated rings. The molecule has 2 aromatic rings. The van der Waals surface area contributed by atoms with E-state index in [4.69, 9.17) is 16.3 Å². The summed E-state index contributed by atoms with van der Waals surface area (Å²) in [5.74, 6) is 2.30. The van der Waals surface area contributed by atoms with Crippen LogP contribution in [0.1, 0.15) is 38.1 Å². The molecule has 0 radical (unpaired) electrons. The van der Waals surface area contributed by atoms with Crippen LogP contribution in [0, 0.1) is 0 Å². The van der Waals surface area contributed by atoms with Crippen molar-refractivity contribution in [1.82, 2.24) is 9.97 Å². The third kappa shape index (κ3) is 3.70. The van der Waals surface area contributed by atoms with E-state index >= 15 is 0 Å². The molecule has 0 amide bonds. The highest BCUT2D eigenvalue weighted by Crippen LogP contribution is 2.32. The number of hydrogen-bond acceptors (Lipinski definition) is 3. The quantitative estimate of drug-likeness (QED) is 0.691. The zero-order valence-electron chi connectivity index (χ0n) is 11.7. The summed E-state index contributed by atoms with van der Waals surface area (Å²) in [5.41, 5.74) is 1.12. The van der Waals surface area contributed by atoms with Crippen molar-refractivity contribution >= 4 is 27.5 Å². The van der Waals surface area contributed by atoms with Crippen molar-refractivity contribution in [3.05, 3.63) is 45.3 Å². The van der Waals surface area contributed by atoms with E-state index in [2.05, 4.69) is 45.8 Å². The maximum Gasteiger partial charge on any atom is 0.224 e. The Hall–Kier alpha value is -1.13. The highest BCUT2D eigenvalue weighted by atomic mass is 79.9. The predicted octanol–water partition coefficient (Wildman–Crippen LogP) is 5.37. The Morgan fingerprint density at radius 2 is 2.00 bits per heavy atom. The van der Waals surface area contributed by atoms with Crippen molar-refractivity contribution in [2.24, 2.45) is 0 Å². The number of halogens is 2. The van der Waals surface area contributed by atoms with Crippen molar-refractivity contribution in [2.75, 3.05) is 0 Å². The Bertz CT molecular complexity index is 617. The third-order valence-corrected chi connectivity index (χ3v) is 3.53. The van der Waals surface area contributed by atoms with Crippen LogP contribution in [0.2, 0.25) is 5.15 Å². The molecule has 5 heteroatoms. The molecule has 0 saturated carbocycles. The summed E-state index contributed by atoms with van der Waals surface area (Å²) in [4.78, 5) is 8.47. The first kappa shape index (κ1) is 15.3. The fourth-order valence-corrected chi connectivity index (χ4v) is 2.40. The van der Waals surface area contributed by atoms with Gasteiger partial charge in [0.15, 0.2) is 0 Å². The van der Waals surface area contributed by atoms with Crippen LogP contribution in [-0.2, 0) is 6.42 Å². The molecule has 106 valence electrons. The van der Waals surface area contributed by atoms with Crippen LogP contribution < -0.4 is 4.74 Å². The molecule has 1 aromatic heterocycles. The number of ether oxygens (including phenoxy) is 1. The van der Waals surface area contributed by atoms with E-state index in [1.54, 1.807) is 6.07 Å². The van der Waals surface area contributed by atoms with Gasteiger partial charge < -0.3 is 4.74 Å². The molecule has 0 aliphatic heterocycles. The first-order valence-corrected chi connectivity index (χ1v) is 7.67. The summed E-state index contributed by atoms with van der Waals surface area (Å²) >= 11 is 9.47. The molecule has 0 aliphatic carbocycles. The lowest BCUT2D eigenvalue weighted by molar-refractivity contribution is 0.450. The molecule has 2 rings (SSSR count). The second-order valence-electron chi connectivity index (χ2n) is 4.74. The minimum absolute atomic E-state index is 0.352. The maximum atomic E-state index is 5.98. The SMILES string of the molecule is CCc1nc(Cl)cc(Oc2ccc(Br)cc2C(C)C)n1. The van der Waals surface area contributed by atoms with E-state index in [1.165, 1.54) is 0 Å². The van der Waals surface area contributed by atoms with Gasteiger partial charge in [-0.1, -0.05) is 48.3 Å². The number of aryl methyl sites for hydroxylation is 1.